The summed E-state index contributed by atoms with van der Waals surface area (Å²) in [7, 11) is 4.47. The number of ether oxygens (including phenoxy) is 1. The zero-order chi connectivity index (χ0) is 23.7. The number of pyridine rings is 1. The van der Waals surface area contributed by atoms with Crippen LogP contribution >= 0.6 is 0 Å². The maximum absolute atomic E-state index is 7.42. The summed E-state index contributed by atoms with van der Waals surface area (Å²) in [4.78, 5) is 6.66. The van der Waals surface area contributed by atoms with Crippen LogP contribution in [0.4, 0.5) is 0 Å². The Kier molecular flexibility index (Phi) is 5.28. The van der Waals surface area contributed by atoms with Gasteiger partial charge in [0.1, 0.15) is 0 Å². The molecule has 2 bridgehead atoms. The van der Waals surface area contributed by atoms with Crippen LogP contribution in [0.1, 0.15) is 76.3 Å². The van der Waals surface area contributed by atoms with Gasteiger partial charge in [0.25, 0.3) is 0 Å². The lowest BCUT2D eigenvalue weighted by Gasteiger charge is -2.56. The Bertz CT molecular complexity index is 1070. The molecule has 2 saturated carbocycles. The third kappa shape index (κ3) is 3.19. The lowest BCUT2D eigenvalue weighted by atomic mass is 9.55. The van der Waals surface area contributed by atoms with E-state index < -0.39 is 0 Å². The van der Waals surface area contributed by atoms with Gasteiger partial charge in [-0.2, -0.15) is 0 Å². The molecular weight excluding hydrogens is 416 g/mol. The van der Waals surface area contributed by atoms with Crippen LogP contribution in [0.25, 0.3) is 6.08 Å². The van der Waals surface area contributed by atoms with E-state index in [1.807, 2.05) is 12.4 Å². The van der Waals surface area contributed by atoms with Gasteiger partial charge in [-0.1, -0.05) is 38.2 Å². The van der Waals surface area contributed by atoms with E-state index in [-0.39, 0.29) is 11.2 Å². The molecule has 2 aliphatic heterocycles. The lowest BCUT2D eigenvalue weighted by molar-refractivity contribution is -0.149. The van der Waals surface area contributed by atoms with Crippen molar-refractivity contribution in [3.05, 3.63) is 59.0 Å². The van der Waals surface area contributed by atoms with Gasteiger partial charge < -0.3 is 9.64 Å². The number of aromatic nitrogens is 1. The molecule has 3 fully saturated rings. The van der Waals surface area contributed by atoms with Crippen LogP contribution in [0.2, 0.25) is 0 Å². The predicted octanol–water partition coefficient (Wildman–Crippen LogP) is 6.74. The maximum Gasteiger partial charge on any atom is 0.0956 e. The number of nitrogens with zero attached hydrogens (tertiary/aromatic N) is 2. The van der Waals surface area contributed by atoms with Crippen molar-refractivity contribution in [2.75, 3.05) is 14.1 Å². The molecule has 0 N–H and O–H groups in total. The number of allylic oxidation sites excluding steroid dienone is 1. The van der Waals surface area contributed by atoms with E-state index in [9.17, 15) is 0 Å². The summed E-state index contributed by atoms with van der Waals surface area (Å²) in [5, 5.41) is 0. The van der Waals surface area contributed by atoms with Gasteiger partial charge in [-0.15, -0.1) is 0 Å². The molecule has 3 heteroatoms. The zero-order valence-corrected chi connectivity index (χ0v) is 21.8. The monoisotopic (exact) mass is 458 g/mol. The fourth-order valence-electron chi connectivity index (χ4n) is 8.81. The van der Waals surface area contributed by atoms with Crippen molar-refractivity contribution in [2.24, 2.45) is 23.2 Å². The van der Waals surface area contributed by atoms with E-state index in [2.05, 4.69) is 75.1 Å². The maximum atomic E-state index is 7.42. The van der Waals surface area contributed by atoms with Crippen LogP contribution in [-0.4, -0.2) is 41.2 Å². The van der Waals surface area contributed by atoms with Crippen molar-refractivity contribution in [1.82, 2.24) is 9.88 Å². The highest BCUT2D eigenvalue weighted by Crippen LogP contribution is 2.69. The molecular formula is C31H42N2O. The smallest absolute Gasteiger partial charge is 0.0956 e. The Morgan fingerprint density at radius 1 is 1.21 bits per heavy atom. The Labute approximate surface area is 206 Å². The van der Waals surface area contributed by atoms with Gasteiger partial charge in [0.2, 0.25) is 0 Å². The molecule has 1 aromatic rings. The highest BCUT2D eigenvalue weighted by Gasteiger charge is 2.67. The number of hydrogen-bond acceptors (Lipinski definition) is 3. The molecule has 5 aliphatic rings. The number of rotatable bonds is 4. The second kappa shape index (κ2) is 7.90. The molecule has 3 heterocycles. The third-order valence-corrected chi connectivity index (χ3v) is 10.8. The number of hydrogen-bond donors (Lipinski definition) is 0. The molecule has 34 heavy (non-hydrogen) atoms. The third-order valence-electron chi connectivity index (χ3n) is 10.8. The molecule has 0 radical (unpaired) electrons. The van der Waals surface area contributed by atoms with Crippen LogP contribution in [0.5, 0.6) is 0 Å². The van der Waals surface area contributed by atoms with E-state index in [0.29, 0.717) is 23.3 Å². The molecule has 1 aromatic heterocycles. The van der Waals surface area contributed by atoms with Gasteiger partial charge in [0, 0.05) is 18.4 Å². The van der Waals surface area contributed by atoms with E-state index >= 15 is 0 Å². The molecule has 182 valence electrons. The molecule has 1 saturated heterocycles. The molecule has 0 amide bonds. The highest BCUT2D eigenvalue weighted by molar-refractivity contribution is 5.53. The van der Waals surface area contributed by atoms with Gasteiger partial charge in [-0.05, 0) is 124 Å². The minimum absolute atomic E-state index is 0.00157. The summed E-state index contributed by atoms with van der Waals surface area (Å²) in [6.45, 7) is 7.23. The van der Waals surface area contributed by atoms with Crippen LogP contribution in [-0.2, 0) is 4.74 Å². The Balaban J connectivity index is 1.29. The number of fused-ring (bicyclic) bond motifs is 1. The first kappa shape index (κ1) is 22.7. The molecule has 7 atom stereocenters. The molecule has 3 aliphatic carbocycles. The van der Waals surface area contributed by atoms with Crippen molar-refractivity contribution in [1.29, 1.82) is 0 Å². The highest BCUT2D eigenvalue weighted by atomic mass is 16.5. The minimum atomic E-state index is -0.0303. The van der Waals surface area contributed by atoms with Crippen LogP contribution in [0.3, 0.4) is 0 Å². The van der Waals surface area contributed by atoms with Crippen molar-refractivity contribution in [2.45, 2.75) is 89.4 Å². The van der Waals surface area contributed by atoms with Crippen LogP contribution in [0.15, 0.2) is 47.8 Å². The van der Waals surface area contributed by atoms with E-state index in [1.165, 1.54) is 55.2 Å². The Morgan fingerprint density at radius 2 is 2.06 bits per heavy atom. The van der Waals surface area contributed by atoms with Gasteiger partial charge in [-0.25, -0.2) is 0 Å². The standard InChI is InChI=1S/C31H42N2O/c1-21(6-7-23-13-17-32-20-22(23)2)27-10-11-28-29(27,3)14-12-25-18-24-8-9-26(33(4)5)19-30(24)15-16-31(25,28)34-30/h6-8,13,17-18,20-21,26-28H,9-12,14-16,19H2,1-5H3/b7-6+/t21?,26-,27-,28-,29-,30-,31-/m1/s1. The predicted molar refractivity (Wildman–Crippen MR) is 139 cm³/mol. The van der Waals surface area contributed by atoms with Gasteiger partial charge in [0.15, 0.2) is 0 Å². The summed E-state index contributed by atoms with van der Waals surface area (Å²) in [5.41, 5.74) is 6.03. The van der Waals surface area contributed by atoms with E-state index in [0.717, 1.165) is 18.8 Å². The Hall–Kier alpha value is -1.71. The quantitative estimate of drug-likeness (QED) is 0.499. The van der Waals surface area contributed by atoms with Crippen molar-refractivity contribution in [3.63, 3.8) is 0 Å². The first-order valence-electron chi connectivity index (χ1n) is 13.6. The van der Waals surface area contributed by atoms with Crippen LogP contribution < -0.4 is 0 Å². The second-order valence-electron chi connectivity index (χ2n) is 12.6. The Morgan fingerprint density at radius 3 is 2.85 bits per heavy atom. The molecule has 3 nitrogen and oxygen atoms in total. The number of aryl methyl sites for hydroxylation is 1. The van der Waals surface area contributed by atoms with Gasteiger partial charge >= 0.3 is 0 Å². The summed E-state index contributed by atoms with van der Waals surface area (Å²) >= 11 is 0. The van der Waals surface area contributed by atoms with Crippen LogP contribution in [0, 0.1) is 30.1 Å². The minimum Gasteiger partial charge on any atom is -0.359 e. The fourth-order valence-corrected chi connectivity index (χ4v) is 8.81. The fraction of sp³-hybridized carbons (Fsp3) is 0.645. The lowest BCUT2D eigenvalue weighted by Crippen LogP contribution is -2.55. The summed E-state index contributed by atoms with van der Waals surface area (Å²) < 4.78 is 7.42. The average molecular weight is 459 g/mol. The van der Waals surface area contributed by atoms with Crippen molar-refractivity contribution >= 4 is 6.08 Å². The molecule has 0 aromatic carbocycles. The first-order valence-corrected chi connectivity index (χ1v) is 13.6. The molecule has 1 unspecified atom stereocenters. The molecule has 2 spiro atoms. The topological polar surface area (TPSA) is 25.4 Å². The van der Waals surface area contributed by atoms with Crippen molar-refractivity contribution < 1.29 is 4.74 Å². The van der Waals surface area contributed by atoms with Crippen molar-refractivity contribution in [3.8, 4) is 0 Å². The largest absolute Gasteiger partial charge is 0.359 e. The summed E-state index contributed by atoms with van der Waals surface area (Å²) in [6, 6.07) is 2.74. The second-order valence-corrected chi connectivity index (χ2v) is 12.6. The van der Waals surface area contributed by atoms with E-state index in [4.69, 9.17) is 4.74 Å². The van der Waals surface area contributed by atoms with Gasteiger partial charge in [-0.3, -0.25) is 4.98 Å². The summed E-state index contributed by atoms with van der Waals surface area (Å²) in [6.07, 6.45) is 23.7. The average Bonchev–Trinajstić information content (AvgIpc) is 3.33. The van der Waals surface area contributed by atoms with Gasteiger partial charge in [0.05, 0.1) is 11.2 Å². The zero-order valence-electron chi connectivity index (χ0n) is 21.8. The van der Waals surface area contributed by atoms with E-state index in [1.54, 1.807) is 5.57 Å². The summed E-state index contributed by atoms with van der Waals surface area (Å²) in [5.74, 6) is 1.96. The SMILES string of the molecule is Cc1cnccc1/C=C/C(C)[C@H]1CC[C@@H]2[C@]1(C)CCC1=CC3=CC[C@@H](N(C)C)C[C@]34CC[C@@]12O4. The first-order chi connectivity index (χ1) is 16.3. The molecule has 6 rings (SSSR count). The normalized spacial score (nSPS) is 41.6.